The number of alkyl halides is 3. The van der Waals surface area contributed by atoms with Crippen molar-refractivity contribution in [2.24, 2.45) is 0 Å². The highest BCUT2D eigenvalue weighted by atomic mass is 19.4. The summed E-state index contributed by atoms with van der Waals surface area (Å²) in [4.78, 5) is 26.6. The Morgan fingerprint density at radius 2 is 1.76 bits per heavy atom. The maximum absolute atomic E-state index is 12.9. The molecule has 2 aromatic carbocycles. The van der Waals surface area contributed by atoms with Gasteiger partial charge in [0.15, 0.2) is 5.82 Å². The van der Waals surface area contributed by atoms with Gasteiger partial charge in [-0.1, -0.05) is 12.1 Å². The van der Waals surface area contributed by atoms with E-state index >= 15 is 0 Å². The first-order valence-electron chi connectivity index (χ1n) is 8.64. The van der Waals surface area contributed by atoms with Gasteiger partial charge in [-0.25, -0.2) is 9.78 Å². The highest BCUT2D eigenvalue weighted by molar-refractivity contribution is 5.80. The van der Waals surface area contributed by atoms with Crippen LogP contribution in [0.25, 0.3) is 39.3 Å². The molecule has 0 aliphatic carbocycles. The molecule has 9 heteroatoms. The number of pyridine rings is 1. The molecule has 0 fully saturated rings. The Labute approximate surface area is 160 Å². The number of aromatic nitrogens is 5. The molecule has 0 bridgehead atoms. The average Bonchev–Trinajstić information content (AvgIpc) is 3.27. The third-order valence-corrected chi connectivity index (χ3v) is 4.65. The summed E-state index contributed by atoms with van der Waals surface area (Å²) < 4.78 is 40.2. The van der Waals surface area contributed by atoms with Crippen LogP contribution < -0.4 is 5.69 Å². The predicted octanol–water partition coefficient (Wildman–Crippen LogP) is 4.28. The molecule has 0 saturated heterocycles. The highest BCUT2D eigenvalue weighted by Crippen LogP contribution is 2.31. The van der Waals surface area contributed by atoms with Gasteiger partial charge in [0, 0.05) is 0 Å². The lowest BCUT2D eigenvalue weighted by Gasteiger charge is -2.05. The van der Waals surface area contributed by atoms with Gasteiger partial charge in [0.2, 0.25) is 0 Å². The SMILES string of the molecule is O=c1[nH]c2ccccc2n1-c1ccc(-c2nc3ccc(C(F)(F)F)cc3[nH]2)nc1. The third kappa shape index (κ3) is 2.87. The fourth-order valence-corrected chi connectivity index (χ4v) is 3.28. The quantitative estimate of drug-likeness (QED) is 0.468. The van der Waals surface area contributed by atoms with E-state index in [2.05, 4.69) is 19.9 Å². The van der Waals surface area contributed by atoms with Gasteiger partial charge in [-0.2, -0.15) is 13.2 Å². The van der Waals surface area contributed by atoms with Crippen LogP contribution in [0.1, 0.15) is 5.56 Å². The normalized spacial score (nSPS) is 12.1. The molecule has 5 rings (SSSR count). The van der Waals surface area contributed by atoms with Crippen molar-refractivity contribution < 1.29 is 13.2 Å². The van der Waals surface area contributed by atoms with E-state index in [1.165, 1.54) is 16.8 Å². The fraction of sp³-hybridized carbons (Fsp3) is 0.0500. The molecular formula is C20H12F3N5O. The van der Waals surface area contributed by atoms with E-state index in [0.29, 0.717) is 28.2 Å². The summed E-state index contributed by atoms with van der Waals surface area (Å²) in [5.74, 6) is 0.345. The Kier molecular flexibility index (Phi) is 3.60. The second-order valence-electron chi connectivity index (χ2n) is 6.50. The van der Waals surface area contributed by atoms with E-state index in [1.807, 2.05) is 18.2 Å². The molecule has 0 amide bonds. The van der Waals surface area contributed by atoms with E-state index in [4.69, 9.17) is 0 Å². The number of rotatable bonds is 2. The van der Waals surface area contributed by atoms with Crippen LogP contribution in [0.3, 0.4) is 0 Å². The molecule has 0 unspecified atom stereocenters. The van der Waals surface area contributed by atoms with E-state index in [0.717, 1.165) is 17.6 Å². The van der Waals surface area contributed by atoms with Gasteiger partial charge in [-0.05, 0) is 42.5 Å². The van der Waals surface area contributed by atoms with Crippen LogP contribution in [0.4, 0.5) is 13.2 Å². The smallest absolute Gasteiger partial charge is 0.337 e. The van der Waals surface area contributed by atoms with Crippen LogP contribution in [0.15, 0.2) is 65.6 Å². The first-order valence-corrected chi connectivity index (χ1v) is 8.64. The van der Waals surface area contributed by atoms with Crippen molar-refractivity contribution in [2.45, 2.75) is 6.18 Å². The fourth-order valence-electron chi connectivity index (χ4n) is 3.28. The van der Waals surface area contributed by atoms with Gasteiger partial charge in [0.1, 0.15) is 5.69 Å². The molecular weight excluding hydrogens is 383 g/mol. The zero-order chi connectivity index (χ0) is 20.2. The van der Waals surface area contributed by atoms with Crippen molar-refractivity contribution in [3.63, 3.8) is 0 Å². The predicted molar refractivity (Wildman–Crippen MR) is 102 cm³/mol. The zero-order valence-corrected chi connectivity index (χ0v) is 14.7. The molecule has 0 radical (unpaired) electrons. The second kappa shape index (κ2) is 6.06. The zero-order valence-electron chi connectivity index (χ0n) is 14.7. The molecule has 0 saturated carbocycles. The van der Waals surface area contributed by atoms with E-state index in [9.17, 15) is 18.0 Å². The highest BCUT2D eigenvalue weighted by Gasteiger charge is 2.30. The molecule has 0 aliphatic rings. The number of para-hydroxylation sites is 2. The molecule has 5 aromatic rings. The Balaban J connectivity index is 1.55. The van der Waals surface area contributed by atoms with Crippen molar-refractivity contribution >= 4 is 22.1 Å². The topological polar surface area (TPSA) is 79.4 Å². The largest absolute Gasteiger partial charge is 0.416 e. The van der Waals surface area contributed by atoms with Crippen molar-refractivity contribution in [2.75, 3.05) is 0 Å². The molecule has 2 N–H and O–H groups in total. The molecule has 0 spiro atoms. The number of H-pyrrole nitrogens is 2. The van der Waals surface area contributed by atoms with Gasteiger partial charge >= 0.3 is 11.9 Å². The minimum absolute atomic E-state index is 0.272. The minimum atomic E-state index is -4.42. The van der Waals surface area contributed by atoms with Crippen molar-refractivity contribution in [1.82, 2.24) is 24.5 Å². The summed E-state index contributed by atoms with van der Waals surface area (Å²) in [6.07, 6.45) is -2.91. The number of hydrogen-bond donors (Lipinski definition) is 2. The molecule has 3 aromatic heterocycles. The standard InChI is InChI=1S/C20H12F3N5O/c21-20(22,23)11-5-7-13-16(9-11)26-18(25-13)15-8-6-12(10-24-15)28-17-4-2-1-3-14(17)27-19(28)29/h1-10H,(H,25,26)(H,27,29). The van der Waals surface area contributed by atoms with Crippen LogP contribution in [0.2, 0.25) is 0 Å². The van der Waals surface area contributed by atoms with E-state index in [1.54, 1.807) is 18.2 Å². The first kappa shape index (κ1) is 17.2. The van der Waals surface area contributed by atoms with Gasteiger partial charge in [-0.15, -0.1) is 0 Å². The second-order valence-corrected chi connectivity index (χ2v) is 6.50. The van der Waals surface area contributed by atoms with Gasteiger partial charge in [0.25, 0.3) is 0 Å². The molecule has 29 heavy (non-hydrogen) atoms. The summed E-state index contributed by atoms with van der Waals surface area (Å²) in [7, 11) is 0. The Morgan fingerprint density at radius 1 is 0.931 bits per heavy atom. The lowest BCUT2D eigenvalue weighted by molar-refractivity contribution is -0.137. The van der Waals surface area contributed by atoms with Crippen LogP contribution >= 0.6 is 0 Å². The maximum atomic E-state index is 12.9. The van der Waals surface area contributed by atoms with Crippen LogP contribution in [0.5, 0.6) is 0 Å². The Morgan fingerprint density at radius 3 is 2.52 bits per heavy atom. The van der Waals surface area contributed by atoms with Crippen LogP contribution in [0, 0.1) is 0 Å². The maximum Gasteiger partial charge on any atom is 0.416 e. The lowest BCUT2D eigenvalue weighted by Crippen LogP contribution is -2.14. The average molecular weight is 395 g/mol. The summed E-state index contributed by atoms with van der Waals surface area (Å²) >= 11 is 0. The number of fused-ring (bicyclic) bond motifs is 2. The number of aromatic amines is 2. The summed E-state index contributed by atoms with van der Waals surface area (Å²) in [5, 5.41) is 0. The monoisotopic (exact) mass is 395 g/mol. The Hall–Kier alpha value is -3.88. The number of halogens is 3. The van der Waals surface area contributed by atoms with Gasteiger partial charge in [0.05, 0.1) is 39.5 Å². The third-order valence-electron chi connectivity index (χ3n) is 4.65. The lowest BCUT2D eigenvalue weighted by atomic mass is 10.2. The number of imidazole rings is 2. The van der Waals surface area contributed by atoms with Crippen LogP contribution in [-0.2, 0) is 6.18 Å². The molecule has 6 nitrogen and oxygen atoms in total. The Bertz CT molecular complexity index is 1410. The van der Waals surface area contributed by atoms with E-state index in [-0.39, 0.29) is 11.2 Å². The summed E-state index contributed by atoms with van der Waals surface area (Å²) in [6.45, 7) is 0. The number of nitrogens with one attached hydrogen (secondary N) is 2. The van der Waals surface area contributed by atoms with Crippen molar-refractivity contribution in [1.29, 1.82) is 0 Å². The number of hydrogen-bond acceptors (Lipinski definition) is 3. The van der Waals surface area contributed by atoms with Crippen LogP contribution in [-0.4, -0.2) is 24.5 Å². The summed E-state index contributed by atoms with van der Waals surface area (Å²) in [5.41, 5.74) is 2.08. The minimum Gasteiger partial charge on any atom is -0.337 e. The van der Waals surface area contributed by atoms with Gasteiger partial charge < -0.3 is 9.97 Å². The number of nitrogens with zero attached hydrogens (tertiary/aromatic N) is 3. The number of benzene rings is 2. The summed E-state index contributed by atoms with van der Waals surface area (Å²) in [6, 6.07) is 14.0. The van der Waals surface area contributed by atoms with Crippen molar-refractivity contribution in [3.05, 3.63) is 76.8 Å². The molecule has 3 heterocycles. The molecule has 0 aliphatic heterocycles. The van der Waals surface area contributed by atoms with Gasteiger partial charge in [-0.3, -0.25) is 9.55 Å². The van der Waals surface area contributed by atoms with E-state index < -0.39 is 11.7 Å². The molecule has 144 valence electrons. The van der Waals surface area contributed by atoms with Crippen molar-refractivity contribution in [3.8, 4) is 17.2 Å². The first-order chi connectivity index (χ1) is 13.9. The molecule has 0 atom stereocenters.